The predicted octanol–water partition coefficient (Wildman–Crippen LogP) is 3.02. The predicted molar refractivity (Wildman–Crippen MR) is 136 cm³/mol. The fraction of sp³-hybridized carbons (Fsp3) is 0.565. The normalized spacial score (nSPS) is 28.3. The average Bonchev–Trinajstić information content (AvgIpc) is 3.36. The van der Waals surface area contributed by atoms with Crippen LogP contribution in [0.5, 0.6) is 0 Å². The molecular weight excluding hydrogens is 494 g/mol. The molecule has 0 radical (unpaired) electrons. The summed E-state index contributed by atoms with van der Waals surface area (Å²) in [6.07, 6.45) is -0.0672. The van der Waals surface area contributed by atoms with E-state index in [4.69, 9.17) is 10.5 Å². The molecule has 2 saturated heterocycles. The molecule has 186 valence electrons. The second-order valence-corrected chi connectivity index (χ2v) is 12.2. The Morgan fingerprint density at radius 3 is 2.62 bits per heavy atom. The molecule has 5 atom stereocenters. The Morgan fingerprint density at radius 2 is 1.97 bits per heavy atom. The summed E-state index contributed by atoms with van der Waals surface area (Å²) in [7, 11) is 0. The summed E-state index contributed by atoms with van der Waals surface area (Å²) in [4.78, 5) is 28.7. The zero-order valence-corrected chi connectivity index (χ0v) is 21.5. The number of hydrogen-bond acceptors (Lipinski definition) is 9. The minimum Gasteiger partial charge on any atom is -0.449 e. The van der Waals surface area contributed by atoms with Crippen molar-refractivity contribution in [2.24, 2.45) is 17.6 Å². The van der Waals surface area contributed by atoms with Crippen LogP contribution in [0.15, 0.2) is 44.8 Å². The van der Waals surface area contributed by atoms with Crippen molar-refractivity contribution in [2.75, 3.05) is 31.2 Å². The maximum atomic E-state index is 12.6. The molecule has 3 aliphatic heterocycles. The second-order valence-electron chi connectivity index (χ2n) is 8.64. The number of carboxylic acid groups (broad SMARTS) is 1. The molecule has 5 N–H and O–H groups in total. The number of β-lactam (4-membered cyclic amide) rings is 1. The van der Waals surface area contributed by atoms with E-state index < -0.39 is 6.16 Å². The van der Waals surface area contributed by atoms with E-state index >= 15 is 0 Å². The highest BCUT2D eigenvalue weighted by atomic mass is 32.2. The molecule has 0 bridgehead atoms. The molecule has 1 aromatic carbocycles. The maximum Gasteiger partial charge on any atom is 0.512 e. The van der Waals surface area contributed by atoms with Crippen LogP contribution < -0.4 is 11.1 Å². The second kappa shape index (κ2) is 11.6. The monoisotopic (exact) mass is 525 g/mol. The van der Waals surface area contributed by atoms with Crippen LogP contribution >= 0.6 is 35.3 Å². The molecular formula is C23H31N3O5S3. The van der Waals surface area contributed by atoms with Gasteiger partial charge in [0.15, 0.2) is 0 Å². The SMILES string of the molecule is C[C@H]1C(S[C@@H]2CN[C@H](CSc3ccc(SCCN)cc3)C2)=C(OC(=O)O)N2C(=O)[C@@H](CCO)[C@@H]12. The minimum absolute atomic E-state index is 0.0160. The number of thioether (sulfide) groups is 3. The molecule has 3 heterocycles. The topological polar surface area (TPSA) is 125 Å². The van der Waals surface area contributed by atoms with Gasteiger partial charge in [0.1, 0.15) is 0 Å². The van der Waals surface area contributed by atoms with Gasteiger partial charge in [0.2, 0.25) is 11.8 Å². The van der Waals surface area contributed by atoms with Crippen LogP contribution in [-0.4, -0.2) is 75.7 Å². The fourth-order valence-corrected chi connectivity index (χ4v) is 7.92. The quantitative estimate of drug-likeness (QED) is 0.195. The number of nitrogens with two attached hydrogens (primary N) is 1. The van der Waals surface area contributed by atoms with Crippen molar-refractivity contribution in [3.8, 4) is 0 Å². The van der Waals surface area contributed by atoms with Crippen LogP contribution in [0, 0.1) is 11.8 Å². The van der Waals surface area contributed by atoms with Crippen LogP contribution in [0.25, 0.3) is 0 Å². The Morgan fingerprint density at radius 1 is 1.26 bits per heavy atom. The Hall–Kier alpha value is -1.37. The molecule has 0 unspecified atom stereocenters. The zero-order valence-electron chi connectivity index (χ0n) is 19.0. The molecule has 1 aromatic rings. The highest BCUT2D eigenvalue weighted by molar-refractivity contribution is 8.03. The van der Waals surface area contributed by atoms with Crippen LogP contribution in [0.1, 0.15) is 19.8 Å². The fourth-order valence-electron chi connectivity index (χ4n) is 4.80. The van der Waals surface area contributed by atoms with E-state index in [-0.39, 0.29) is 41.5 Å². The van der Waals surface area contributed by atoms with Crippen molar-refractivity contribution < 1.29 is 24.5 Å². The van der Waals surface area contributed by atoms with Gasteiger partial charge in [-0.3, -0.25) is 9.69 Å². The number of nitrogens with zero attached hydrogens (tertiary/aromatic N) is 1. The number of carbonyl (C=O) groups excluding carboxylic acids is 1. The van der Waals surface area contributed by atoms with Crippen molar-refractivity contribution >= 4 is 47.3 Å². The van der Waals surface area contributed by atoms with Gasteiger partial charge >= 0.3 is 6.16 Å². The van der Waals surface area contributed by atoms with Gasteiger partial charge in [-0.2, -0.15) is 0 Å². The van der Waals surface area contributed by atoms with Crippen LogP contribution in [-0.2, 0) is 9.53 Å². The first-order valence-corrected chi connectivity index (χ1v) is 14.3. The lowest BCUT2D eigenvalue weighted by atomic mass is 9.80. The third-order valence-corrected chi connectivity index (χ3v) is 10.1. The third-order valence-electron chi connectivity index (χ3n) is 6.38. The summed E-state index contributed by atoms with van der Waals surface area (Å²) in [5, 5.41) is 22.4. The Balaban J connectivity index is 1.33. The molecule has 0 aromatic heterocycles. The molecule has 1 amide bonds. The van der Waals surface area contributed by atoms with Crippen molar-refractivity contribution in [1.82, 2.24) is 10.2 Å². The summed E-state index contributed by atoms with van der Waals surface area (Å²) in [6.45, 7) is 3.44. The van der Waals surface area contributed by atoms with E-state index in [1.165, 1.54) is 14.7 Å². The van der Waals surface area contributed by atoms with Gasteiger partial charge in [-0.15, -0.1) is 35.3 Å². The van der Waals surface area contributed by atoms with Crippen molar-refractivity contribution in [2.45, 2.75) is 46.9 Å². The first kappa shape index (κ1) is 25.7. The van der Waals surface area contributed by atoms with E-state index in [1.807, 2.05) is 18.7 Å². The zero-order chi connectivity index (χ0) is 24.2. The number of aliphatic hydroxyl groups excluding tert-OH is 1. The number of carbonyl (C=O) groups is 2. The molecule has 34 heavy (non-hydrogen) atoms. The standard InChI is InChI=1S/C23H31N3O5S3/c1-13-19-18(6-8-27)21(28)26(19)22(31-23(29)30)20(13)34-17-10-14(25-11-17)12-33-16-4-2-15(3-5-16)32-9-7-24/h2-5,13-14,17-19,25,27H,6-12,24H2,1H3,(H,29,30)/t13-,14+,17+,18+,19-/m1/s1. The van der Waals surface area contributed by atoms with Crippen LogP contribution in [0.4, 0.5) is 4.79 Å². The highest BCUT2D eigenvalue weighted by Gasteiger charge is 2.58. The average molecular weight is 526 g/mol. The number of nitrogens with one attached hydrogen (secondary N) is 1. The number of hydrogen-bond donors (Lipinski definition) is 4. The lowest BCUT2D eigenvalue weighted by Crippen LogP contribution is -2.60. The summed E-state index contributed by atoms with van der Waals surface area (Å²) in [6, 6.07) is 8.79. The molecule has 4 rings (SSSR count). The van der Waals surface area contributed by atoms with Gasteiger partial charge in [0.25, 0.3) is 0 Å². The number of aliphatic hydroxyl groups is 1. The summed E-state index contributed by atoms with van der Waals surface area (Å²) >= 11 is 5.21. The van der Waals surface area contributed by atoms with Gasteiger partial charge in [-0.1, -0.05) is 6.92 Å². The first-order valence-electron chi connectivity index (χ1n) is 11.5. The van der Waals surface area contributed by atoms with E-state index in [0.717, 1.165) is 29.4 Å². The summed E-state index contributed by atoms with van der Waals surface area (Å²) in [5.41, 5.74) is 5.57. The minimum atomic E-state index is -1.41. The van der Waals surface area contributed by atoms with Crippen molar-refractivity contribution in [3.05, 3.63) is 35.1 Å². The van der Waals surface area contributed by atoms with E-state index in [2.05, 4.69) is 29.6 Å². The lowest BCUT2D eigenvalue weighted by Gasteiger charge is -2.44. The Bertz CT molecular complexity index is 929. The number of benzene rings is 1. The molecule has 0 aliphatic carbocycles. The van der Waals surface area contributed by atoms with Crippen LogP contribution in [0.3, 0.4) is 0 Å². The number of fused-ring (bicyclic) bond motifs is 1. The van der Waals surface area contributed by atoms with Crippen molar-refractivity contribution in [1.29, 1.82) is 0 Å². The maximum absolute atomic E-state index is 12.6. The van der Waals surface area contributed by atoms with Gasteiger partial charge < -0.3 is 26.0 Å². The third kappa shape index (κ3) is 5.55. The molecule has 8 nitrogen and oxygen atoms in total. The molecule has 0 spiro atoms. The molecule has 11 heteroatoms. The lowest BCUT2D eigenvalue weighted by molar-refractivity contribution is -0.156. The van der Waals surface area contributed by atoms with Crippen LogP contribution in [0.2, 0.25) is 0 Å². The Kier molecular flexibility index (Phi) is 8.76. The number of ether oxygens (including phenoxy) is 1. The highest BCUT2D eigenvalue weighted by Crippen LogP contribution is 2.52. The largest absolute Gasteiger partial charge is 0.512 e. The van der Waals surface area contributed by atoms with E-state index in [9.17, 15) is 19.8 Å². The van der Waals surface area contributed by atoms with Gasteiger partial charge in [0, 0.05) is 58.2 Å². The smallest absolute Gasteiger partial charge is 0.449 e. The number of amides is 1. The van der Waals surface area contributed by atoms with Gasteiger partial charge in [-0.25, -0.2) is 4.79 Å². The Labute approximate surface area is 212 Å². The van der Waals surface area contributed by atoms with E-state index in [0.29, 0.717) is 19.0 Å². The van der Waals surface area contributed by atoms with Gasteiger partial charge in [-0.05, 0) is 37.1 Å². The van der Waals surface area contributed by atoms with Crippen molar-refractivity contribution in [3.63, 3.8) is 0 Å². The molecule has 0 saturated carbocycles. The summed E-state index contributed by atoms with van der Waals surface area (Å²) < 4.78 is 5.09. The van der Waals surface area contributed by atoms with Gasteiger partial charge in [0.05, 0.1) is 16.9 Å². The molecule has 3 aliphatic rings. The molecule has 2 fully saturated rings. The number of rotatable bonds is 11. The first-order chi connectivity index (χ1) is 16.4. The van der Waals surface area contributed by atoms with E-state index in [1.54, 1.807) is 23.5 Å². The summed E-state index contributed by atoms with van der Waals surface area (Å²) in [5.74, 6) is 1.57.